The molecule has 0 aliphatic heterocycles. The Morgan fingerprint density at radius 1 is 0.889 bits per heavy atom. The van der Waals surface area contributed by atoms with E-state index in [2.05, 4.69) is 48.6 Å². The van der Waals surface area contributed by atoms with Crippen LogP contribution in [0.3, 0.4) is 0 Å². The maximum atomic E-state index is 8.35. The quantitative estimate of drug-likeness (QED) is 0.616. The van der Waals surface area contributed by atoms with Crippen LogP contribution in [0.4, 0.5) is 0 Å². The van der Waals surface area contributed by atoms with E-state index in [-0.39, 0.29) is 0 Å². The summed E-state index contributed by atoms with van der Waals surface area (Å²) in [4.78, 5) is 16.7. The van der Waals surface area contributed by atoms with Crippen molar-refractivity contribution in [3.8, 4) is 0 Å². The average Bonchev–Trinajstić information content (AvgIpc) is 2.34. The molecule has 0 spiro atoms. The minimum Gasteiger partial charge on any atom is -0.222 e. The van der Waals surface area contributed by atoms with Gasteiger partial charge in [-0.25, -0.2) is 20.4 Å². The molecule has 1 rings (SSSR count). The molecule has 0 unspecified atom stereocenters. The van der Waals surface area contributed by atoms with Gasteiger partial charge in [-0.1, -0.05) is 48.6 Å². The third kappa shape index (κ3) is 9.99. The highest BCUT2D eigenvalue weighted by atomic mass is 16.1. The number of hydrogen-bond donors (Lipinski definition) is 2. The van der Waals surface area contributed by atoms with Crippen molar-refractivity contribution in [3.05, 3.63) is 47.5 Å². The second-order valence-electron chi connectivity index (χ2n) is 2.83. The molecule has 94 valence electrons. The lowest BCUT2D eigenvalue weighted by molar-refractivity contribution is 0.562. The van der Waals surface area contributed by atoms with Crippen LogP contribution in [0.25, 0.3) is 12.2 Å². The normalized spacial score (nSPS) is 8.56. The lowest BCUT2D eigenvalue weighted by Gasteiger charge is -1.98. The van der Waals surface area contributed by atoms with Gasteiger partial charge in [-0.3, -0.25) is 0 Å². The summed E-state index contributed by atoms with van der Waals surface area (Å²) in [6.45, 7) is 4.07. The Hall–Kier alpha value is -2.54. The molecule has 0 aliphatic carbocycles. The number of allylic oxidation sites excluding steroid dienone is 2. The third-order valence-corrected chi connectivity index (χ3v) is 1.69. The van der Waals surface area contributed by atoms with Gasteiger partial charge in [0.1, 0.15) is 0 Å². The molecule has 2 N–H and O–H groups in total. The molecule has 0 aromatic heterocycles. The van der Waals surface area contributed by atoms with Gasteiger partial charge >= 0.3 is 0 Å². The minimum atomic E-state index is 0.750. The summed E-state index contributed by atoms with van der Waals surface area (Å²) < 4.78 is 0. The smallest absolute Gasteiger partial charge is 0.222 e. The molecule has 0 saturated carbocycles. The summed E-state index contributed by atoms with van der Waals surface area (Å²) >= 11 is 0. The highest BCUT2D eigenvalue weighted by Gasteiger charge is 1.91. The van der Waals surface area contributed by atoms with E-state index in [9.17, 15) is 0 Å². The van der Waals surface area contributed by atoms with Crippen LogP contribution >= 0.6 is 0 Å². The van der Waals surface area contributed by atoms with Gasteiger partial charge < -0.3 is 0 Å². The molecule has 0 saturated heterocycles. The molecule has 4 heteroatoms. The Morgan fingerprint density at radius 2 is 1.17 bits per heavy atom. The van der Waals surface area contributed by atoms with Crippen molar-refractivity contribution in [1.82, 2.24) is 0 Å². The van der Waals surface area contributed by atoms with Crippen LogP contribution in [0.5, 0.6) is 0 Å². The molecule has 0 atom stereocenters. The van der Waals surface area contributed by atoms with E-state index in [1.807, 2.05) is 13.8 Å². The van der Waals surface area contributed by atoms with Gasteiger partial charge in [-0.2, -0.15) is 0 Å². The number of rotatable bonds is 2. The van der Waals surface area contributed by atoms with Crippen LogP contribution in [-0.2, 0) is 9.59 Å². The molecule has 0 amide bonds. The van der Waals surface area contributed by atoms with Crippen LogP contribution in [0.15, 0.2) is 36.4 Å². The summed E-state index contributed by atoms with van der Waals surface area (Å²) in [5, 5.41) is 10.8. The van der Waals surface area contributed by atoms with Gasteiger partial charge in [0.25, 0.3) is 0 Å². The number of isocyanates is 2. The fourth-order valence-corrected chi connectivity index (χ4v) is 1.17. The predicted molar refractivity (Wildman–Crippen MR) is 72.7 cm³/mol. The summed E-state index contributed by atoms with van der Waals surface area (Å²) in [6.07, 6.45) is 9.86. The average molecular weight is 244 g/mol. The molecule has 0 bridgehead atoms. The zero-order chi connectivity index (χ0) is 14.2. The number of benzene rings is 1. The lowest BCUT2D eigenvalue weighted by Crippen LogP contribution is -1.77. The first-order chi connectivity index (χ1) is 8.71. The van der Waals surface area contributed by atoms with E-state index in [0.717, 1.165) is 12.2 Å². The van der Waals surface area contributed by atoms with Gasteiger partial charge in [0, 0.05) is 0 Å². The van der Waals surface area contributed by atoms with E-state index in [1.165, 1.54) is 11.1 Å². The first kappa shape index (κ1) is 17.8. The van der Waals surface area contributed by atoms with Crippen LogP contribution in [-0.4, -0.2) is 12.2 Å². The standard InChI is InChI=1S/C12H14.2CHNO/c1-3-7-11-9-5-6-10-12(11)8-4-2;2*2-1-3/h3-10H,1-2H3;2*2H. The van der Waals surface area contributed by atoms with Gasteiger partial charge in [-0.15, -0.1) is 0 Å². The minimum absolute atomic E-state index is 0.750. The Morgan fingerprint density at radius 3 is 1.39 bits per heavy atom. The van der Waals surface area contributed by atoms with Crippen LogP contribution in [0, 0.1) is 10.8 Å². The molecule has 18 heavy (non-hydrogen) atoms. The van der Waals surface area contributed by atoms with Gasteiger partial charge in [0.05, 0.1) is 0 Å². The largest absolute Gasteiger partial charge is 0.231 e. The first-order valence-electron chi connectivity index (χ1n) is 5.13. The SMILES string of the molecule is CC=Cc1ccccc1C=CC.N=C=O.N=C=O. The summed E-state index contributed by atoms with van der Waals surface area (Å²) in [5.74, 6) is 0. The van der Waals surface area contributed by atoms with Crippen molar-refractivity contribution in [2.24, 2.45) is 0 Å². The predicted octanol–water partition coefficient (Wildman–Crippen LogP) is 3.55. The second-order valence-corrected chi connectivity index (χ2v) is 2.83. The summed E-state index contributed by atoms with van der Waals surface area (Å²) in [6, 6.07) is 8.36. The lowest BCUT2D eigenvalue weighted by atomic mass is 10.1. The maximum Gasteiger partial charge on any atom is 0.231 e. The zero-order valence-corrected chi connectivity index (χ0v) is 10.4. The second kappa shape index (κ2) is 14.5. The number of hydrogen-bond acceptors (Lipinski definition) is 4. The Kier molecular flexibility index (Phi) is 14.3. The Bertz CT molecular complexity index is 408. The maximum absolute atomic E-state index is 8.35. The van der Waals surface area contributed by atoms with Crippen LogP contribution < -0.4 is 0 Å². The molecular formula is C14H16N2O2. The molecule has 4 nitrogen and oxygen atoms in total. The van der Waals surface area contributed by atoms with Gasteiger partial charge in [0.2, 0.25) is 12.2 Å². The molecule has 0 radical (unpaired) electrons. The van der Waals surface area contributed by atoms with E-state index >= 15 is 0 Å². The Balaban J connectivity index is 0. The third-order valence-electron chi connectivity index (χ3n) is 1.69. The fraction of sp³-hybridized carbons (Fsp3) is 0.143. The van der Waals surface area contributed by atoms with E-state index in [4.69, 9.17) is 20.4 Å². The molecule has 0 fully saturated rings. The van der Waals surface area contributed by atoms with E-state index in [0.29, 0.717) is 0 Å². The Labute approximate surface area is 107 Å². The summed E-state index contributed by atoms with van der Waals surface area (Å²) in [5.41, 5.74) is 2.55. The van der Waals surface area contributed by atoms with Crippen molar-refractivity contribution in [3.63, 3.8) is 0 Å². The van der Waals surface area contributed by atoms with Crippen LogP contribution in [0.2, 0.25) is 0 Å². The highest BCUT2D eigenvalue weighted by Crippen LogP contribution is 2.12. The molecule has 1 aromatic rings. The molecule has 1 aromatic carbocycles. The van der Waals surface area contributed by atoms with Gasteiger partial charge in [-0.05, 0) is 25.0 Å². The van der Waals surface area contributed by atoms with Crippen molar-refractivity contribution in [2.45, 2.75) is 13.8 Å². The summed E-state index contributed by atoms with van der Waals surface area (Å²) in [7, 11) is 0. The van der Waals surface area contributed by atoms with Crippen molar-refractivity contribution >= 4 is 24.3 Å². The van der Waals surface area contributed by atoms with Crippen molar-refractivity contribution in [2.75, 3.05) is 0 Å². The molecule has 0 aliphatic rings. The van der Waals surface area contributed by atoms with Gasteiger partial charge in [0.15, 0.2) is 0 Å². The molecular weight excluding hydrogens is 228 g/mol. The highest BCUT2D eigenvalue weighted by molar-refractivity contribution is 5.64. The zero-order valence-electron chi connectivity index (χ0n) is 10.4. The molecule has 0 heterocycles. The van der Waals surface area contributed by atoms with Crippen LogP contribution in [0.1, 0.15) is 25.0 Å². The van der Waals surface area contributed by atoms with E-state index < -0.39 is 0 Å². The topological polar surface area (TPSA) is 81.8 Å². The number of carbonyl (C=O) groups excluding carboxylic acids is 2. The van der Waals surface area contributed by atoms with Crippen molar-refractivity contribution in [1.29, 1.82) is 10.8 Å². The number of nitrogens with one attached hydrogen (secondary N) is 2. The fourth-order valence-electron chi connectivity index (χ4n) is 1.17. The van der Waals surface area contributed by atoms with E-state index in [1.54, 1.807) is 0 Å². The monoisotopic (exact) mass is 244 g/mol. The van der Waals surface area contributed by atoms with Crippen molar-refractivity contribution < 1.29 is 9.59 Å². The first-order valence-corrected chi connectivity index (χ1v) is 5.13.